The van der Waals surface area contributed by atoms with E-state index in [1.54, 1.807) is 13.8 Å². The lowest BCUT2D eigenvalue weighted by Gasteiger charge is -2.64. The molecule has 0 spiro atoms. The molecule has 3 fully saturated rings. The van der Waals surface area contributed by atoms with E-state index in [1.807, 2.05) is 27.7 Å². The molecule has 222 valence electrons. The van der Waals surface area contributed by atoms with Crippen molar-refractivity contribution in [1.29, 1.82) is 0 Å². The molecule has 0 aromatic heterocycles. The van der Waals surface area contributed by atoms with Gasteiger partial charge in [-0.25, -0.2) is 0 Å². The van der Waals surface area contributed by atoms with Crippen LogP contribution < -0.4 is 0 Å². The zero-order chi connectivity index (χ0) is 30.4. The summed E-state index contributed by atoms with van der Waals surface area (Å²) in [5.74, 6) is -2.85. The number of ketones is 3. The third-order valence-corrected chi connectivity index (χ3v) is 11.5. The largest absolute Gasteiger partial charge is 0.456 e. The van der Waals surface area contributed by atoms with Gasteiger partial charge in [0.1, 0.15) is 23.1 Å². The first-order chi connectivity index (χ1) is 18.1. The molecule has 8 nitrogen and oxygen atoms in total. The number of fused-ring (bicyclic) bond motifs is 5. The molecule has 0 radical (unpaired) electrons. The minimum absolute atomic E-state index is 0.0284. The summed E-state index contributed by atoms with van der Waals surface area (Å²) in [6.07, 6.45) is 3.55. The maximum absolute atomic E-state index is 14.3. The van der Waals surface area contributed by atoms with Crippen molar-refractivity contribution in [2.24, 2.45) is 39.4 Å². The van der Waals surface area contributed by atoms with Crippen LogP contribution in [0.5, 0.6) is 0 Å². The number of hydrogen-bond donors (Lipinski definition) is 3. The minimum atomic E-state index is -1.99. The molecule has 0 heterocycles. The molecule has 9 atom stereocenters. The van der Waals surface area contributed by atoms with Crippen LogP contribution in [0, 0.1) is 39.4 Å². The van der Waals surface area contributed by atoms with E-state index >= 15 is 0 Å². The standard InChI is InChI=1S/C32H46O8/c1-17(33)40-27(2,3)13-12-23(36)32(9,39)25-21(35)15-29(6)22-11-10-18-19(14-20(34)26(38)28(18,4)5)31(22,8)24(37)16-30(25,29)7/h10,12-13,19-22,25,34-35,39H,11,14-16H2,1-9H3/b13-12+/t19?,20-,21+,22?,25-,29-,30+,31-,32-/m0/s1. The molecule has 0 aliphatic heterocycles. The maximum Gasteiger partial charge on any atom is 0.303 e. The molecule has 2 unspecified atom stereocenters. The summed E-state index contributed by atoms with van der Waals surface area (Å²) in [6.45, 7) is 15.4. The van der Waals surface area contributed by atoms with E-state index in [0.29, 0.717) is 12.8 Å². The number of Topliss-reactive ketones (excluding diaryl/α,β-unsaturated/α-hetero) is 2. The van der Waals surface area contributed by atoms with Crippen LogP contribution in [0.15, 0.2) is 23.8 Å². The van der Waals surface area contributed by atoms with Gasteiger partial charge >= 0.3 is 5.97 Å². The topological polar surface area (TPSA) is 138 Å². The van der Waals surface area contributed by atoms with Gasteiger partial charge in [-0.05, 0) is 88.7 Å². The van der Waals surface area contributed by atoms with Crippen molar-refractivity contribution >= 4 is 23.3 Å². The Bertz CT molecular complexity index is 1210. The second-order valence-corrected chi connectivity index (χ2v) is 14.8. The van der Waals surface area contributed by atoms with Crippen LogP contribution in [0.3, 0.4) is 0 Å². The van der Waals surface area contributed by atoms with Crippen LogP contribution in [0.1, 0.15) is 88.0 Å². The molecule has 0 aromatic carbocycles. The predicted octanol–water partition coefficient (Wildman–Crippen LogP) is 3.50. The highest BCUT2D eigenvalue weighted by atomic mass is 16.6. The third-order valence-electron chi connectivity index (χ3n) is 11.5. The molecule has 3 saturated carbocycles. The molecule has 3 N–H and O–H groups in total. The zero-order valence-electron chi connectivity index (χ0n) is 25.3. The van der Waals surface area contributed by atoms with Crippen LogP contribution in [0.2, 0.25) is 0 Å². The summed E-state index contributed by atoms with van der Waals surface area (Å²) in [6, 6.07) is 0. The second kappa shape index (κ2) is 9.17. The van der Waals surface area contributed by atoms with Crippen molar-refractivity contribution in [1.82, 2.24) is 0 Å². The van der Waals surface area contributed by atoms with Gasteiger partial charge in [0, 0.05) is 30.1 Å². The van der Waals surface area contributed by atoms with E-state index < -0.39 is 62.7 Å². The van der Waals surface area contributed by atoms with Gasteiger partial charge in [0.2, 0.25) is 0 Å². The van der Waals surface area contributed by atoms with Crippen LogP contribution in [-0.2, 0) is 23.9 Å². The Morgan fingerprint density at radius 1 is 1.05 bits per heavy atom. The summed E-state index contributed by atoms with van der Waals surface area (Å²) < 4.78 is 5.23. The van der Waals surface area contributed by atoms with Gasteiger partial charge in [-0.3, -0.25) is 19.2 Å². The summed E-state index contributed by atoms with van der Waals surface area (Å²) in [5, 5.41) is 34.0. The number of ether oxygens (including phenoxy) is 1. The lowest BCUT2D eigenvalue weighted by molar-refractivity contribution is -0.183. The number of allylic oxidation sites excluding steroid dienone is 2. The molecule has 4 aliphatic carbocycles. The van der Waals surface area contributed by atoms with E-state index in [9.17, 15) is 34.5 Å². The molecular weight excluding hydrogens is 512 g/mol. The molecular formula is C32H46O8. The lowest BCUT2D eigenvalue weighted by Crippen LogP contribution is -2.65. The van der Waals surface area contributed by atoms with Crippen molar-refractivity contribution in [3.05, 3.63) is 23.8 Å². The highest BCUT2D eigenvalue weighted by molar-refractivity contribution is 5.98. The van der Waals surface area contributed by atoms with Crippen molar-refractivity contribution in [3.8, 4) is 0 Å². The van der Waals surface area contributed by atoms with Gasteiger partial charge in [-0.1, -0.05) is 32.4 Å². The van der Waals surface area contributed by atoms with Crippen LogP contribution in [-0.4, -0.2) is 62.0 Å². The molecule has 0 aromatic rings. The average molecular weight is 559 g/mol. The van der Waals surface area contributed by atoms with Crippen molar-refractivity contribution < 1.29 is 39.2 Å². The van der Waals surface area contributed by atoms with E-state index in [0.717, 1.165) is 5.57 Å². The Hall–Kier alpha value is -2.16. The number of carbonyl (C=O) groups is 4. The molecule has 40 heavy (non-hydrogen) atoms. The highest BCUT2D eigenvalue weighted by Gasteiger charge is 2.74. The lowest BCUT2D eigenvalue weighted by atomic mass is 9.38. The van der Waals surface area contributed by atoms with Gasteiger partial charge in [-0.2, -0.15) is 0 Å². The summed E-state index contributed by atoms with van der Waals surface area (Å²) >= 11 is 0. The van der Waals surface area contributed by atoms with Crippen molar-refractivity contribution in [3.63, 3.8) is 0 Å². The molecule has 0 saturated heterocycles. The fourth-order valence-electron chi connectivity index (χ4n) is 9.40. The number of carbonyl (C=O) groups excluding carboxylic acids is 4. The summed E-state index contributed by atoms with van der Waals surface area (Å²) in [5.41, 5.74) is -5.43. The Labute approximate surface area is 237 Å². The molecule has 4 rings (SSSR count). The Morgan fingerprint density at radius 3 is 2.23 bits per heavy atom. The Balaban J connectivity index is 1.75. The molecule has 4 aliphatic rings. The predicted molar refractivity (Wildman–Crippen MR) is 148 cm³/mol. The van der Waals surface area contributed by atoms with Gasteiger partial charge in [0.15, 0.2) is 11.6 Å². The highest BCUT2D eigenvalue weighted by Crippen LogP contribution is 2.74. The first-order valence-electron chi connectivity index (χ1n) is 14.4. The van der Waals surface area contributed by atoms with Crippen molar-refractivity contribution in [2.45, 2.75) is 111 Å². The Kier molecular flexibility index (Phi) is 7.06. The first kappa shape index (κ1) is 30.8. The monoisotopic (exact) mass is 558 g/mol. The first-order valence-corrected chi connectivity index (χ1v) is 14.4. The van der Waals surface area contributed by atoms with Gasteiger partial charge in [0.25, 0.3) is 0 Å². The van der Waals surface area contributed by atoms with Crippen LogP contribution in [0.4, 0.5) is 0 Å². The number of esters is 1. The fourth-order valence-corrected chi connectivity index (χ4v) is 9.40. The second-order valence-electron chi connectivity index (χ2n) is 14.8. The third kappa shape index (κ3) is 4.11. The molecule has 8 heteroatoms. The average Bonchev–Trinajstić information content (AvgIpc) is 3.01. The smallest absolute Gasteiger partial charge is 0.303 e. The number of aliphatic hydroxyl groups excluding tert-OH is 2. The minimum Gasteiger partial charge on any atom is -0.456 e. The van der Waals surface area contributed by atoms with Crippen molar-refractivity contribution in [2.75, 3.05) is 0 Å². The number of hydrogen-bond acceptors (Lipinski definition) is 8. The SMILES string of the molecule is CC(=O)OC(C)(C)/C=C/C(=O)[C@](C)(O)[C@H]1[C@H](O)C[C@@]2(C)C3CC=C4C(C[C@H](O)C(=O)C4(C)C)[C@]3(C)C(=O)C[C@]12C. The van der Waals surface area contributed by atoms with E-state index in [1.165, 1.54) is 26.0 Å². The number of rotatable bonds is 5. The quantitative estimate of drug-likeness (QED) is 0.265. The van der Waals surface area contributed by atoms with Crippen LogP contribution >= 0.6 is 0 Å². The maximum atomic E-state index is 14.3. The Morgan fingerprint density at radius 2 is 1.65 bits per heavy atom. The van der Waals surface area contributed by atoms with E-state index in [4.69, 9.17) is 4.74 Å². The molecule has 0 bridgehead atoms. The van der Waals surface area contributed by atoms with Gasteiger partial charge < -0.3 is 20.1 Å². The summed E-state index contributed by atoms with van der Waals surface area (Å²) in [7, 11) is 0. The van der Waals surface area contributed by atoms with E-state index in [-0.39, 0.29) is 36.2 Å². The normalized spacial score (nSPS) is 42.4. The number of aliphatic hydroxyl groups is 3. The summed E-state index contributed by atoms with van der Waals surface area (Å²) in [4.78, 5) is 52.1. The van der Waals surface area contributed by atoms with Gasteiger partial charge in [-0.15, -0.1) is 0 Å². The fraction of sp³-hybridized carbons (Fsp3) is 0.750. The zero-order valence-corrected chi connectivity index (χ0v) is 25.3. The van der Waals surface area contributed by atoms with Crippen LogP contribution in [0.25, 0.3) is 0 Å². The van der Waals surface area contributed by atoms with E-state index in [2.05, 4.69) is 13.0 Å². The van der Waals surface area contributed by atoms with Gasteiger partial charge in [0.05, 0.1) is 6.10 Å². The molecule has 0 amide bonds.